The maximum atomic E-state index is 11.8. The summed E-state index contributed by atoms with van der Waals surface area (Å²) in [7, 11) is 0. The summed E-state index contributed by atoms with van der Waals surface area (Å²) in [6.07, 6.45) is 23.7. The zero-order chi connectivity index (χ0) is 52.6. The van der Waals surface area contributed by atoms with Crippen LogP contribution in [0.2, 0.25) is 0 Å². The standard InChI is InChI=1S/2C17H27NO.2C16H26/c2*1-5-6-7-11-16(19)12-14-9-8-10-15(18-14)13-17(2,3)4;2*1-5-6-7-8-14-9-11-15(12-10-14)13-16(2,3)4/h2*8-10H,5-7,11-13H2,1-4H3;2*9-12H,5-8,13H2,1-4H3. The topological polar surface area (TPSA) is 59.9 Å². The predicted octanol–water partition coefficient (Wildman–Crippen LogP) is 18.7. The van der Waals surface area contributed by atoms with Crippen LogP contribution in [0.5, 0.6) is 0 Å². The van der Waals surface area contributed by atoms with Gasteiger partial charge in [-0.25, -0.2) is 0 Å². The van der Waals surface area contributed by atoms with Gasteiger partial charge in [0, 0.05) is 48.5 Å². The number of carbonyl (C=O) groups excluding carboxylic acids is 2. The molecule has 0 aliphatic heterocycles. The van der Waals surface area contributed by atoms with E-state index in [4.69, 9.17) is 0 Å². The lowest BCUT2D eigenvalue weighted by Gasteiger charge is -2.18. The Morgan fingerprint density at radius 1 is 0.343 bits per heavy atom. The van der Waals surface area contributed by atoms with Crippen molar-refractivity contribution in [2.45, 2.75) is 252 Å². The van der Waals surface area contributed by atoms with Crippen LogP contribution in [0.1, 0.15) is 246 Å². The minimum absolute atomic E-state index is 0.233. The molecular weight excluding hydrogens is 853 g/mol. The number of Topliss-reactive ketones (excluding diaryl/α,β-unsaturated/α-hetero) is 2. The number of benzene rings is 2. The highest BCUT2D eigenvalue weighted by atomic mass is 16.1. The second kappa shape index (κ2) is 34.4. The van der Waals surface area contributed by atoms with Crippen molar-refractivity contribution in [2.75, 3.05) is 0 Å². The van der Waals surface area contributed by atoms with Crippen molar-refractivity contribution >= 4 is 11.6 Å². The molecule has 0 amide bonds. The molecule has 0 radical (unpaired) electrons. The average Bonchev–Trinajstić information content (AvgIpc) is 3.24. The van der Waals surface area contributed by atoms with Crippen molar-refractivity contribution in [3.05, 3.63) is 130 Å². The third-order valence-corrected chi connectivity index (χ3v) is 11.7. The van der Waals surface area contributed by atoms with Gasteiger partial charge in [-0.1, -0.05) is 223 Å². The van der Waals surface area contributed by atoms with Gasteiger partial charge in [0.25, 0.3) is 0 Å². The third kappa shape index (κ3) is 36.1. The Hall–Kier alpha value is -3.92. The number of carbonyl (C=O) groups is 2. The minimum Gasteiger partial charge on any atom is -0.299 e. The van der Waals surface area contributed by atoms with Crippen molar-refractivity contribution < 1.29 is 9.59 Å². The molecule has 0 unspecified atom stereocenters. The zero-order valence-electron chi connectivity index (χ0n) is 48.4. The van der Waals surface area contributed by atoms with E-state index in [9.17, 15) is 9.59 Å². The zero-order valence-corrected chi connectivity index (χ0v) is 48.4. The fourth-order valence-electron chi connectivity index (χ4n) is 8.29. The van der Waals surface area contributed by atoms with Gasteiger partial charge in [0.05, 0.1) is 0 Å². The van der Waals surface area contributed by atoms with Crippen LogP contribution in [-0.4, -0.2) is 21.5 Å². The SMILES string of the molecule is CCCCCC(=O)Cc1cccc(CC(C)(C)C)n1.CCCCCC(=O)Cc1cccc(CC(C)(C)C)n1.CCCCCc1ccc(CC(C)(C)C)cc1.CCCCCc1ccc(CC(C)(C)C)cc1. The number of ketones is 2. The van der Waals surface area contributed by atoms with Gasteiger partial charge in [-0.3, -0.25) is 19.6 Å². The monoisotopic (exact) mass is 959 g/mol. The second-order valence-corrected chi connectivity index (χ2v) is 25.1. The Kier molecular flexibility index (Phi) is 31.5. The lowest BCUT2D eigenvalue weighted by Crippen LogP contribution is -2.12. The number of nitrogens with zero attached hydrogens (tertiary/aromatic N) is 2. The number of hydrogen-bond donors (Lipinski definition) is 0. The fraction of sp³-hybridized carbons (Fsp3) is 0.636. The second-order valence-electron chi connectivity index (χ2n) is 25.1. The molecule has 70 heavy (non-hydrogen) atoms. The molecular formula is C66H106N2O2. The highest BCUT2D eigenvalue weighted by Gasteiger charge is 2.15. The first kappa shape index (κ1) is 64.1. The molecule has 4 aromatic rings. The van der Waals surface area contributed by atoms with Gasteiger partial charge >= 0.3 is 0 Å². The highest BCUT2D eigenvalue weighted by molar-refractivity contribution is 5.80. The first-order valence-electron chi connectivity index (χ1n) is 27.9. The third-order valence-electron chi connectivity index (χ3n) is 11.7. The van der Waals surface area contributed by atoms with E-state index >= 15 is 0 Å². The lowest BCUT2D eigenvalue weighted by molar-refractivity contribution is -0.119. The van der Waals surface area contributed by atoms with Crippen molar-refractivity contribution in [1.82, 2.24) is 9.97 Å². The Labute approximate surface area is 432 Å². The maximum absolute atomic E-state index is 11.8. The molecule has 0 saturated heterocycles. The Morgan fingerprint density at radius 3 is 0.900 bits per heavy atom. The molecule has 0 saturated carbocycles. The van der Waals surface area contributed by atoms with E-state index in [1.165, 1.54) is 86.5 Å². The van der Waals surface area contributed by atoms with Crippen LogP contribution < -0.4 is 0 Å². The van der Waals surface area contributed by atoms with Gasteiger partial charge in [0.2, 0.25) is 0 Å². The average molecular weight is 960 g/mol. The Bertz CT molecular complexity index is 1820. The molecule has 0 N–H and O–H groups in total. The number of aromatic nitrogens is 2. The van der Waals surface area contributed by atoms with Crippen molar-refractivity contribution in [2.24, 2.45) is 21.7 Å². The van der Waals surface area contributed by atoms with Crippen molar-refractivity contribution in [1.29, 1.82) is 0 Å². The summed E-state index contributed by atoms with van der Waals surface area (Å²) in [6, 6.07) is 30.5. The van der Waals surface area contributed by atoms with E-state index in [1.807, 2.05) is 24.3 Å². The molecule has 4 nitrogen and oxygen atoms in total. The summed E-state index contributed by atoms with van der Waals surface area (Å²) in [5, 5.41) is 0. The summed E-state index contributed by atoms with van der Waals surface area (Å²) in [6.45, 7) is 35.8. The van der Waals surface area contributed by atoms with Crippen LogP contribution in [0.3, 0.4) is 0 Å². The normalized spacial score (nSPS) is 11.7. The molecule has 4 heteroatoms. The van der Waals surface area contributed by atoms with Gasteiger partial charge in [-0.2, -0.15) is 0 Å². The lowest BCUT2D eigenvalue weighted by atomic mass is 9.88. The van der Waals surface area contributed by atoms with Crippen LogP contribution in [0, 0.1) is 21.7 Å². The van der Waals surface area contributed by atoms with E-state index in [1.54, 1.807) is 0 Å². The quantitative estimate of drug-likeness (QED) is 0.0657. The summed E-state index contributed by atoms with van der Waals surface area (Å²) in [5.74, 6) is 0.628. The van der Waals surface area contributed by atoms with Crippen LogP contribution in [0.4, 0.5) is 0 Å². The van der Waals surface area contributed by atoms with Gasteiger partial charge in [-0.15, -0.1) is 0 Å². The molecule has 0 aliphatic carbocycles. The molecule has 392 valence electrons. The van der Waals surface area contributed by atoms with Gasteiger partial charge in [0.15, 0.2) is 0 Å². The first-order chi connectivity index (χ1) is 32.8. The van der Waals surface area contributed by atoms with E-state index in [0.717, 1.165) is 74.1 Å². The van der Waals surface area contributed by atoms with Crippen LogP contribution in [0.25, 0.3) is 0 Å². The highest BCUT2D eigenvalue weighted by Crippen LogP contribution is 2.24. The van der Waals surface area contributed by atoms with E-state index in [2.05, 4.69) is 181 Å². The molecule has 2 aromatic heterocycles. The van der Waals surface area contributed by atoms with E-state index < -0.39 is 0 Å². The summed E-state index contributed by atoms with van der Waals surface area (Å²) >= 11 is 0. The summed E-state index contributed by atoms with van der Waals surface area (Å²) in [4.78, 5) is 32.9. The molecule has 4 rings (SSSR count). The minimum atomic E-state index is 0.233. The van der Waals surface area contributed by atoms with E-state index in [0.29, 0.717) is 48.1 Å². The molecule has 0 spiro atoms. The number of hydrogen-bond acceptors (Lipinski definition) is 4. The fourth-order valence-corrected chi connectivity index (χ4v) is 8.29. The van der Waals surface area contributed by atoms with Crippen LogP contribution >= 0.6 is 0 Å². The Morgan fingerprint density at radius 2 is 0.614 bits per heavy atom. The summed E-state index contributed by atoms with van der Waals surface area (Å²) < 4.78 is 0. The smallest absolute Gasteiger partial charge is 0.138 e. The number of unbranched alkanes of at least 4 members (excludes halogenated alkanes) is 8. The van der Waals surface area contributed by atoms with Gasteiger partial charge in [0.1, 0.15) is 11.6 Å². The molecule has 0 fully saturated rings. The number of pyridine rings is 2. The maximum Gasteiger partial charge on any atom is 0.138 e. The first-order valence-corrected chi connectivity index (χ1v) is 27.9. The van der Waals surface area contributed by atoms with Gasteiger partial charge < -0.3 is 0 Å². The van der Waals surface area contributed by atoms with E-state index in [-0.39, 0.29) is 10.8 Å². The molecule has 2 heterocycles. The predicted molar refractivity (Wildman–Crippen MR) is 306 cm³/mol. The van der Waals surface area contributed by atoms with Crippen LogP contribution in [-0.2, 0) is 61.0 Å². The Balaban J connectivity index is 0.000000468. The summed E-state index contributed by atoms with van der Waals surface area (Å²) in [5.41, 5.74) is 11.2. The molecule has 0 aliphatic rings. The number of rotatable bonds is 24. The largest absolute Gasteiger partial charge is 0.299 e. The molecule has 0 atom stereocenters. The number of aryl methyl sites for hydroxylation is 2. The van der Waals surface area contributed by atoms with Gasteiger partial charge in [-0.05, 0) is 132 Å². The molecule has 2 aromatic carbocycles. The van der Waals surface area contributed by atoms with Crippen molar-refractivity contribution in [3.63, 3.8) is 0 Å². The molecule has 0 bridgehead atoms. The van der Waals surface area contributed by atoms with Crippen LogP contribution in [0.15, 0.2) is 84.9 Å². The van der Waals surface area contributed by atoms with Crippen molar-refractivity contribution in [3.8, 4) is 0 Å².